The SMILES string of the molecule is CC1C(=O)Oc2ccccc2C1C.CCC(C)c1ccc(O)cc1.CCC(C)c1cccc2c(C(=O)OC3(C)CCc4cc(F)ccc43)cccc12. The molecule has 2 aliphatic rings. The quantitative estimate of drug-likeness (QED) is 0.141. The van der Waals surface area contributed by atoms with E-state index in [1.54, 1.807) is 24.3 Å². The van der Waals surface area contributed by atoms with Gasteiger partial charge in [0.15, 0.2) is 0 Å². The van der Waals surface area contributed by atoms with E-state index in [1.165, 1.54) is 17.2 Å². The Morgan fingerprint density at radius 3 is 2.25 bits per heavy atom. The first kappa shape index (κ1) is 38.3. The summed E-state index contributed by atoms with van der Waals surface area (Å²) in [4.78, 5) is 24.5. The number of phenols is 1. The number of esters is 2. The van der Waals surface area contributed by atoms with E-state index in [2.05, 4.69) is 46.8 Å². The lowest BCUT2D eigenvalue weighted by molar-refractivity contribution is -0.140. The van der Waals surface area contributed by atoms with Crippen molar-refractivity contribution < 1.29 is 28.6 Å². The van der Waals surface area contributed by atoms with Crippen LogP contribution in [0.3, 0.4) is 0 Å². The maximum Gasteiger partial charge on any atom is 0.339 e. The number of fused-ring (bicyclic) bond motifs is 3. The number of hydrogen-bond donors (Lipinski definition) is 1. The minimum Gasteiger partial charge on any atom is -0.508 e. The number of carbonyl (C=O) groups excluding carboxylic acids is 2. The van der Waals surface area contributed by atoms with Crippen molar-refractivity contribution in [2.45, 2.75) is 97.5 Å². The molecule has 1 N–H and O–H groups in total. The first-order valence-corrected chi connectivity index (χ1v) is 18.5. The molecule has 52 heavy (non-hydrogen) atoms. The number of halogens is 1. The zero-order valence-electron chi connectivity index (χ0n) is 31.4. The average molecular weight is 703 g/mol. The number of hydrogen-bond acceptors (Lipinski definition) is 5. The Hall–Kier alpha value is -4.97. The largest absolute Gasteiger partial charge is 0.508 e. The van der Waals surface area contributed by atoms with Crippen molar-refractivity contribution in [3.63, 3.8) is 0 Å². The zero-order chi connectivity index (χ0) is 37.6. The van der Waals surface area contributed by atoms with E-state index in [-0.39, 0.29) is 29.6 Å². The standard InChI is InChI=1S/C25H25FO2.C11H12O2.C10H14O/c1-4-16(2)19-7-5-9-21-20(19)8-6-10-22(21)24(27)28-25(3)14-13-17-15-18(26)11-12-23(17)25;1-7-8(2)11(12)13-10-6-4-3-5-9(7)10;1-3-8(2)9-4-6-10(11)7-5-9/h5-12,15-16H,4,13-14H2,1-3H3;3-8H,1-2H3;4-8,11H,3H2,1-2H3. The predicted molar refractivity (Wildman–Crippen MR) is 207 cm³/mol. The summed E-state index contributed by atoms with van der Waals surface area (Å²) in [7, 11) is 0. The zero-order valence-corrected chi connectivity index (χ0v) is 31.4. The number of para-hydroxylation sites is 1. The molecule has 0 saturated carbocycles. The first-order valence-electron chi connectivity index (χ1n) is 18.5. The van der Waals surface area contributed by atoms with Gasteiger partial charge in [-0.05, 0) is 125 Å². The highest BCUT2D eigenvalue weighted by molar-refractivity contribution is 6.05. The highest BCUT2D eigenvalue weighted by Gasteiger charge is 2.38. The Morgan fingerprint density at radius 1 is 0.865 bits per heavy atom. The van der Waals surface area contributed by atoms with E-state index >= 15 is 0 Å². The van der Waals surface area contributed by atoms with Crippen molar-refractivity contribution in [2.24, 2.45) is 5.92 Å². The lowest BCUT2D eigenvalue weighted by Gasteiger charge is -2.26. The van der Waals surface area contributed by atoms with Gasteiger partial charge in [-0.25, -0.2) is 9.18 Å². The van der Waals surface area contributed by atoms with E-state index in [0.29, 0.717) is 36.0 Å². The molecule has 6 heteroatoms. The Kier molecular flexibility index (Phi) is 12.2. The van der Waals surface area contributed by atoms with Gasteiger partial charge in [0.05, 0.1) is 11.5 Å². The fourth-order valence-corrected chi connectivity index (χ4v) is 6.98. The summed E-state index contributed by atoms with van der Waals surface area (Å²) in [5.41, 5.74) is 5.37. The van der Waals surface area contributed by atoms with Gasteiger partial charge >= 0.3 is 11.9 Å². The minimum absolute atomic E-state index is 0.0325. The number of benzene rings is 5. The fourth-order valence-electron chi connectivity index (χ4n) is 6.98. The van der Waals surface area contributed by atoms with Crippen LogP contribution < -0.4 is 4.74 Å². The monoisotopic (exact) mass is 702 g/mol. The second kappa shape index (κ2) is 16.6. The van der Waals surface area contributed by atoms with Crippen molar-refractivity contribution in [1.29, 1.82) is 0 Å². The highest BCUT2D eigenvalue weighted by atomic mass is 19.1. The molecule has 5 atom stereocenters. The predicted octanol–water partition coefficient (Wildman–Crippen LogP) is 11.8. The van der Waals surface area contributed by atoms with Crippen LogP contribution in [0.2, 0.25) is 0 Å². The van der Waals surface area contributed by atoms with Crippen LogP contribution in [0.4, 0.5) is 4.39 Å². The third-order valence-electron chi connectivity index (χ3n) is 11.0. The Balaban J connectivity index is 0.000000179. The molecule has 1 aliphatic carbocycles. The van der Waals surface area contributed by atoms with Gasteiger partial charge in [0.2, 0.25) is 0 Å². The number of carbonyl (C=O) groups is 2. The number of aromatic hydroxyl groups is 1. The molecule has 1 aliphatic heterocycles. The molecule has 272 valence electrons. The van der Waals surface area contributed by atoms with Crippen LogP contribution >= 0.6 is 0 Å². The lowest BCUT2D eigenvalue weighted by atomic mass is 9.86. The fraction of sp³-hybridized carbons (Fsp3) is 0.348. The first-order chi connectivity index (χ1) is 24.9. The van der Waals surface area contributed by atoms with Crippen LogP contribution in [0.25, 0.3) is 10.8 Å². The molecule has 0 spiro atoms. The second-order valence-electron chi connectivity index (χ2n) is 14.4. The van der Waals surface area contributed by atoms with Crippen LogP contribution in [0.15, 0.2) is 103 Å². The van der Waals surface area contributed by atoms with Gasteiger partial charge in [-0.15, -0.1) is 0 Å². The van der Waals surface area contributed by atoms with Gasteiger partial charge in [-0.1, -0.05) is 108 Å². The molecular formula is C46H51FO5. The molecule has 7 rings (SSSR count). The van der Waals surface area contributed by atoms with Gasteiger partial charge in [-0.3, -0.25) is 4.79 Å². The molecule has 1 heterocycles. The summed E-state index contributed by atoms with van der Waals surface area (Å²) in [6.07, 6.45) is 3.56. The summed E-state index contributed by atoms with van der Waals surface area (Å²) in [6, 6.07) is 31.8. The Morgan fingerprint density at radius 2 is 1.54 bits per heavy atom. The van der Waals surface area contributed by atoms with Gasteiger partial charge in [0, 0.05) is 0 Å². The number of ether oxygens (including phenoxy) is 2. The van der Waals surface area contributed by atoms with Gasteiger partial charge in [0.1, 0.15) is 22.9 Å². The van der Waals surface area contributed by atoms with Crippen LogP contribution in [0.1, 0.15) is 124 Å². The van der Waals surface area contributed by atoms with Crippen molar-refractivity contribution in [3.05, 3.63) is 142 Å². The third-order valence-corrected chi connectivity index (χ3v) is 11.0. The number of rotatable bonds is 6. The second-order valence-corrected chi connectivity index (χ2v) is 14.4. The average Bonchev–Trinajstić information content (AvgIpc) is 3.47. The summed E-state index contributed by atoms with van der Waals surface area (Å²) in [6.45, 7) is 14.6. The molecule has 0 bridgehead atoms. The van der Waals surface area contributed by atoms with Crippen LogP contribution in [-0.4, -0.2) is 17.0 Å². The van der Waals surface area contributed by atoms with Crippen LogP contribution in [0.5, 0.6) is 11.5 Å². The molecular weight excluding hydrogens is 651 g/mol. The minimum atomic E-state index is -0.726. The maximum atomic E-state index is 13.5. The summed E-state index contributed by atoms with van der Waals surface area (Å²) in [5, 5.41) is 11.0. The van der Waals surface area contributed by atoms with E-state index in [1.807, 2.05) is 74.5 Å². The number of phenolic OH excluding ortho intramolecular Hbond substituents is 1. The molecule has 0 amide bonds. The molecule has 5 nitrogen and oxygen atoms in total. The van der Waals surface area contributed by atoms with E-state index in [9.17, 15) is 14.0 Å². The molecule has 5 aromatic carbocycles. The Bertz CT molecular complexity index is 2020. The normalized spacial score (nSPS) is 19.8. The van der Waals surface area contributed by atoms with Crippen molar-refractivity contribution in [3.8, 4) is 11.5 Å². The summed E-state index contributed by atoms with van der Waals surface area (Å²) in [5.74, 6) is 1.61. The molecule has 0 fully saturated rings. The third kappa shape index (κ3) is 8.39. The van der Waals surface area contributed by atoms with E-state index in [0.717, 1.165) is 46.1 Å². The molecule has 5 unspecified atom stereocenters. The molecule has 0 aromatic heterocycles. The van der Waals surface area contributed by atoms with Gasteiger partial charge < -0.3 is 14.6 Å². The molecule has 5 aromatic rings. The molecule has 0 radical (unpaired) electrons. The summed E-state index contributed by atoms with van der Waals surface area (Å²) >= 11 is 0. The van der Waals surface area contributed by atoms with Crippen molar-refractivity contribution in [1.82, 2.24) is 0 Å². The van der Waals surface area contributed by atoms with Gasteiger partial charge in [-0.2, -0.15) is 0 Å². The highest BCUT2D eigenvalue weighted by Crippen LogP contribution is 2.41. The lowest BCUT2D eigenvalue weighted by Crippen LogP contribution is -2.27. The molecule has 0 saturated heterocycles. The summed E-state index contributed by atoms with van der Waals surface area (Å²) < 4.78 is 24.7. The van der Waals surface area contributed by atoms with Crippen molar-refractivity contribution >= 4 is 22.7 Å². The topological polar surface area (TPSA) is 72.8 Å². The van der Waals surface area contributed by atoms with E-state index < -0.39 is 5.60 Å². The van der Waals surface area contributed by atoms with Gasteiger partial charge in [0.25, 0.3) is 0 Å². The number of aryl methyl sites for hydroxylation is 1. The van der Waals surface area contributed by atoms with Crippen LogP contribution in [0, 0.1) is 11.7 Å². The Labute approximate surface area is 307 Å². The van der Waals surface area contributed by atoms with E-state index in [4.69, 9.17) is 14.6 Å². The smallest absolute Gasteiger partial charge is 0.339 e. The maximum absolute atomic E-state index is 13.5. The van der Waals surface area contributed by atoms with Crippen LogP contribution in [-0.2, 0) is 21.6 Å². The van der Waals surface area contributed by atoms with Crippen molar-refractivity contribution in [2.75, 3.05) is 0 Å².